The molecule has 0 aromatic heterocycles. The SMILES string of the molecule is Cc1ccc(C(=O)NC(COP(=O)(O)NCCc2ccccc2)C(=O)O)cc1. The van der Waals surface area contributed by atoms with E-state index in [0.29, 0.717) is 6.42 Å². The average molecular weight is 406 g/mol. The van der Waals surface area contributed by atoms with Crippen LogP contribution in [0.1, 0.15) is 21.5 Å². The maximum absolute atomic E-state index is 12.1. The minimum atomic E-state index is -4.21. The molecular weight excluding hydrogens is 383 g/mol. The molecule has 28 heavy (non-hydrogen) atoms. The van der Waals surface area contributed by atoms with E-state index in [1.54, 1.807) is 24.3 Å². The van der Waals surface area contributed by atoms with Crippen molar-refractivity contribution in [3.63, 3.8) is 0 Å². The molecule has 0 fully saturated rings. The van der Waals surface area contributed by atoms with Crippen LogP contribution in [0, 0.1) is 6.92 Å². The minimum absolute atomic E-state index is 0.172. The minimum Gasteiger partial charge on any atom is -0.480 e. The normalized spacial score (nSPS) is 14.1. The molecule has 2 atom stereocenters. The van der Waals surface area contributed by atoms with E-state index in [4.69, 9.17) is 4.52 Å². The predicted octanol–water partition coefficient (Wildman–Crippen LogP) is 2.13. The number of carboxylic acid groups (broad SMARTS) is 1. The summed E-state index contributed by atoms with van der Waals surface area (Å²) in [7, 11) is -4.21. The molecule has 0 aliphatic rings. The van der Waals surface area contributed by atoms with Crippen molar-refractivity contribution in [2.24, 2.45) is 0 Å². The first-order valence-electron chi connectivity index (χ1n) is 8.63. The van der Waals surface area contributed by atoms with Gasteiger partial charge in [-0.2, -0.15) is 0 Å². The molecule has 9 heteroatoms. The van der Waals surface area contributed by atoms with Gasteiger partial charge in [-0.05, 0) is 31.0 Å². The smallest absolute Gasteiger partial charge is 0.403 e. The highest BCUT2D eigenvalue weighted by Crippen LogP contribution is 2.36. The zero-order chi connectivity index (χ0) is 20.6. The Balaban J connectivity index is 1.85. The lowest BCUT2D eigenvalue weighted by Crippen LogP contribution is -2.44. The van der Waals surface area contributed by atoms with Gasteiger partial charge in [-0.25, -0.2) is 14.4 Å². The Morgan fingerprint density at radius 2 is 1.75 bits per heavy atom. The number of amides is 1. The summed E-state index contributed by atoms with van der Waals surface area (Å²) in [5.74, 6) is -1.98. The van der Waals surface area contributed by atoms with Crippen molar-refractivity contribution >= 4 is 19.6 Å². The maximum Gasteiger partial charge on any atom is 0.403 e. The molecule has 0 radical (unpaired) electrons. The van der Waals surface area contributed by atoms with E-state index in [0.717, 1.165) is 11.1 Å². The quantitative estimate of drug-likeness (QED) is 0.446. The van der Waals surface area contributed by atoms with Crippen molar-refractivity contribution in [2.75, 3.05) is 13.2 Å². The highest BCUT2D eigenvalue weighted by atomic mass is 31.2. The molecule has 2 aromatic rings. The molecule has 0 heterocycles. The lowest BCUT2D eigenvalue weighted by Gasteiger charge is -2.18. The standard InChI is InChI=1S/C19H23N2O6P/c1-14-7-9-16(10-8-14)18(22)21-17(19(23)24)13-27-28(25,26)20-12-11-15-5-3-2-4-6-15/h2-10,17H,11-13H2,1H3,(H,21,22)(H,23,24)(H2,20,25,26). The van der Waals surface area contributed by atoms with Crippen molar-refractivity contribution < 1.29 is 28.7 Å². The van der Waals surface area contributed by atoms with Gasteiger partial charge in [0.25, 0.3) is 5.91 Å². The van der Waals surface area contributed by atoms with Gasteiger partial charge in [0.05, 0.1) is 6.61 Å². The van der Waals surface area contributed by atoms with Crippen LogP contribution in [0.5, 0.6) is 0 Å². The number of aliphatic carboxylic acids is 1. The fourth-order valence-corrected chi connectivity index (χ4v) is 3.17. The average Bonchev–Trinajstić information content (AvgIpc) is 2.66. The third-order valence-electron chi connectivity index (χ3n) is 3.90. The van der Waals surface area contributed by atoms with Gasteiger partial charge in [0, 0.05) is 12.1 Å². The summed E-state index contributed by atoms with van der Waals surface area (Å²) >= 11 is 0. The van der Waals surface area contributed by atoms with E-state index in [9.17, 15) is 24.2 Å². The van der Waals surface area contributed by atoms with E-state index < -0.39 is 32.3 Å². The van der Waals surface area contributed by atoms with Crippen molar-refractivity contribution in [1.29, 1.82) is 0 Å². The van der Waals surface area contributed by atoms with E-state index in [2.05, 4.69) is 10.4 Å². The molecule has 0 bridgehead atoms. The van der Waals surface area contributed by atoms with Gasteiger partial charge in [-0.3, -0.25) is 9.32 Å². The Bertz CT molecular complexity index is 841. The van der Waals surface area contributed by atoms with Crippen molar-refractivity contribution in [1.82, 2.24) is 10.4 Å². The number of carbonyl (C=O) groups excluding carboxylic acids is 1. The van der Waals surface area contributed by atoms with Gasteiger partial charge < -0.3 is 15.3 Å². The summed E-state index contributed by atoms with van der Waals surface area (Å²) in [6.45, 7) is 1.38. The Kier molecular flexibility index (Phi) is 7.90. The number of benzene rings is 2. The molecule has 0 aliphatic carbocycles. The zero-order valence-electron chi connectivity index (χ0n) is 15.4. The number of hydrogen-bond acceptors (Lipinski definition) is 4. The van der Waals surface area contributed by atoms with Crippen LogP contribution >= 0.6 is 7.75 Å². The topological polar surface area (TPSA) is 125 Å². The van der Waals surface area contributed by atoms with Crippen molar-refractivity contribution in [3.8, 4) is 0 Å². The van der Waals surface area contributed by atoms with Crippen LogP contribution in [0.3, 0.4) is 0 Å². The lowest BCUT2D eigenvalue weighted by molar-refractivity contribution is -0.140. The molecule has 0 aliphatic heterocycles. The molecule has 0 saturated carbocycles. The van der Waals surface area contributed by atoms with Gasteiger partial charge in [0.15, 0.2) is 6.04 Å². The molecule has 2 rings (SSSR count). The number of hydrogen-bond donors (Lipinski definition) is 4. The second-order valence-electron chi connectivity index (χ2n) is 6.19. The molecule has 2 aromatic carbocycles. The van der Waals surface area contributed by atoms with E-state index in [1.807, 2.05) is 37.3 Å². The maximum atomic E-state index is 12.1. The second-order valence-corrected chi connectivity index (χ2v) is 7.81. The summed E-state index contributed by atoms with van der Waals surface area (Å²) in [5.41, 5.74) is 2.21. The molecule has 0 saturated heterocycles. The van der Waals surface area contributed by atoms with Crippen LogP contribution in [0.4, 0.5) is 0 Å². The number of carboxylic acids is 1. The summed E-state index contributed by atoms with van der Waals surface area (Å²) < 4.78 is 16.9. The first-order chi connectivity index (χ1) is 13.3. The third-order valence-corrected chi connectivity index (χ3v) is 5.02. The van der Waals surface area contributed by atoms with E-state index in [-0.39, 0.29) is 12.1 Å². The zero-order valence-corrected chi connectivity index (χ0v) is 16.3. The van der Waals surface area contributed by atoms with Crippen LogP contribution in [0.15, 0.2) is 54.6 Å². The number of nitrogens with one attached hydrogen (secondary N) is 2. The van der Waals surface area contributed by atoms with Crippen LogP contribution in [-0.4, -0.2) is 41.1 Å². The number of aryl methyl sites for hydroxylation is 1. The molecule has 2 unspecified atom stereocenters. The fraction of sp³-hybridized carbons (Fsp3) is 0.263. The predicted molar refractivity (Wildman–Crippen MR) is 104 cm³/mol. The summed E-state index contributed by atoms with van der Waals surface area (Å²) in [5, 5.41) is 13.9. The summed E-state index contributed by atoms with van der Waals surface area (Å²) in [6, 6.07) is 14.5. The highest BCUT2D eigenvalue weighted by molar-refractivity contribution is 7.50. The molecular formula is C19H23N2O6P. The first-order valence-corrected chi connectivity index (χ1v) is 10.2. The van der Waals surface area contributed by atoms with Crippen LogP contribution < -0.4 is 10.4 Å². The van der Waals surface area contributed by atoms with Gasteiger partial charge in [-0.15, -0.1) is 0 Å². The van der Waals surface area contributed by atoms with Gasteiger partial charge >= 0.3 is 13.7 Å². The van der Waals surface area contributed by atoms with Crippen LogP contribution in [-0.2, 0) is 20.3 Å². The van der Waals surface area contributed by atoms with Gasteiger partial charge in [0.1, 0.15) is 0 Å². The Morgan fingerprint density at radius 3 is 2.36 bits per heavy atom. The Morgan fingerprint density at radius 1 is 1.11 bits per heavy atom. The van der Waals surface area contributed by atoms with Crippen LogP contribution in [0.2, 0.25) is 0 Å². The molecule has 8 nitrogen and oxygen atoms in total. The third kappa shape index (κ3) is 7.25. The van der Waals surface area contributed by atoms with Gasteiger partial charge in [-0.1, -0.05) is 48.0 Å². The Labute approximate surface area is 163 Å². The number of carbonyl (C=O) groups is 2. The molecule has 1 amide bonds. The Hall–Kier alpha value is -2.51. The number of rotatable bonds is 10. The van der Waals surface area contributed by atoms with E-state index in [1.165, 1.54) is 0 Å². The lowest BCUT2D eigenvalue weighted by atomic mass is 10.1. The van der Waals surface area contributed by atoms with Crippen molar-refractivity contribution in [2.45, 2.75) is 19.4 Å². The van der Waals surface area contributed by atoms with Crippen LogP contribution in [0.25, 0.3) is 0 Å². The monoisotopic (exact) mass is 406 g/mol. The largest absolute Gasteiger partial charge is 0.480 e. The van der Waals surface area contributed by atoms with E-state index >= 15 is 0 Å². The molecule has 4 N–H and O–H groups in total. The summed E-state index contributed by atoms with van der Waals surface area (Å²) in [4.78, 5) is 33.3. The van der Waals surface area contributed by atoms with Crippen molar-refractivity contribution in [3.05, 3.63) is 71.3 Å². The molecule has 150 valence electrons. The second kappa shape index (κ2) is 10.1. The summed E-state index contributed by atoms with van der Waals surface area (Å²) in [6.07, 6.45) is 0.501. The van der Waals surface area contributed by atoms with Gasteiger partial charge in [0.2, 0.25) is 0 Å². The fourth-order valence-electron chi connectivity index (χ4n) is 2.33. The first kappa shape index (κ1) is 21.8. The molecule has 0 spiro atoms. The highest BCUT2D eigenvalue weighted by Gasteiger charge is 2.26.